The van der Waals surface area contributed by atoms with Crippen LogP contribution in [-0.2, 0) is 6.54 Å². The Bertz CT molecular complexity index is 529. The van der Waals surface area contributed by atoms with E-state index in [2.05, 4.69) is 5.48 Å². The van der Waals surface area contributed by atoms with Gasteiger partial charge in [0.25, 0.3) is 0 Å². The zero-order valence-corrected chi connectivity index (χ0v) is 10.9. The van der Waals surface area contributed by atoms with Gasteiger partial charge in [0.05, 0.1) is 5.02 Å². The maximum absolute atomic E-state index is 8.58. The molecule has 0 aromatic heterocycles. The molecule has 2 aromatic carbocycles. The SMILES string of the molecule is ONCc1ccc(Oc2ccc(Cl)cc2Cl)cc1. The minimum atomic E-state index is 0.391. The van der Waals surface area contributed by atoms with Gasteiger partial charge in [-0.3, -0.25) is 0 Å². The predicted molar refractivity (Wildman–Crippen MR) is 71.6 cm³/mol. The largest absolute Gasteiger partial charge is 0.456 e. The van der Waals surface area contributed by atoms with Gasteiger partial charge in [0.2, 0.25) is 0 Å². The van der Waals surface area contributed by atoms with Gasteiger partial charge in [-0.25, -0.2) is 5.48 Å². The van der Waals surface area contributed by atoms with Crippen LogP contribution in [0.1, 0.15) is 5.56 Å². The highest BCUT2D eigenvalue weighted by atomic mass is 35.5. The highest BCUT2D eigenvalue weighted by Gasteiger charge is 2.04. The molecule has 3 nitrogen and oxygen atoms in total. The van der Waals surface area contributed by atoms with Gasteiger partial charge in [0, 0.05) is 11.6 Å². The molecule has 0 amide bonds. The van der Waals surface area contributed by atoms with Gasteiger partial charge in [-0.1, -0.05) is 35.3 Å². The summed E-state index contributed by atoms with van der Waals surface area (Å²) in [5, 5.41) is 9.60. The van der Waals surface area contributed by atoms with Crippen LogP contribution in [0.15, 0.2) is 42.5 Å². The lowest BCUT2D eigenvalue weighted by atomic mass is 10.2. The van der Waals surface area contributed by atoms with Crippen LogP contribution in [0, 0.1) is 0 Å². The fraction of sp³-hybridized carbons (Fsp3) is 0.0769. The normalized spacial score (nSPS) is 10.4. The lowest BCUT2D eigenvalue weighted by Crippen LogP contribution is -2.05. The summed E-state index contributed by atoms with van der Waals surface area (Å²) in [5.41, 5.74) is 3.04. The second-order valence-corrected chi connectivity index (χ2v) is 4.50. The smallest absolute Gasteiger partial charge is 0.146 e. The van der Waals surface area contributed by atoms with Crippen molar-refractivity contribution in [3.05, 3.63) is 58.1 Å². The number of hydrogen-bond donors (Lipinski definition) is 2. The highest BCUT2D eigenvalue weighted by molar-refractivity contribution is 6.35. The summed E-state index contributed by atoms with van der Waals surface area (Å²) in [4.78, 5) is 0. The molecule has 2 aromatic rings. The van der Waals surface area contributed by atoms with Crippen molar-refractivity contribution in [3.8, 4) is 11.5 Å². The molecule has 5 heteroatoms. The van der Waals surface area contributed by atoms with Crippen molar-refractivity contribution >= 4 is 23.2 Å². The quantitative estimate of drug-likeness (QED) is 0.824. The molecular weight excluding hydrogens is 273 g/mol. The highest BCUT2D eigenvalue weighted by Crippen LogP contribution is 2.31. The number of ether oxygens (including phenoxy) is 1. The Morgan fingerprint density at radius 1 is 1.06 bits per heavy atom. The number of halogens is 2. The first-order valence-electron chi connectivity index (χ1n) is 5.28. The van der Waals surface area contributed by atoms with Crippen LogP contribution in [0.3, 0.4) is 0 Å². The van der Waals surface area contributed by atoms with Crippen molar-refractivity contribution in [3.63, 3.8) is 0 Å². The van der Waals surface area contributed by atoms with Crippen LogP contribution in [0.2, 0.25) is 10.0 Å². The zero-order valence-electron chi connectivity index (χ0n) is 9.36. The molecule has 0 heterocycles. The summed E-state index contributed by atoms with van der Waals surface area (Å²) in [7, 11) is 0. The molecule has 0 aliphatic carbocycles. The third-order valence-electron chi connectivity index (χ3n) is 2.33. The summed E-state index contributed by atoms with van der Waals surface area (Å²) >= 11 is 11.8. The summed E-state index contributed by atoms with van der Waals surface area (Å²) in [5.74, 6) is 1.22. The maximum Gasteiger partial charge on any atom is 0.146 e. The Morgan fingerprint density at radius 2 is 1.78 bits per heavy atom. The third kappa shape index (κ3) is 3.37. The molecule has 0 atom stereocenters. The molecule has 0 fully saturated rings. The van der Waals surface area contributed by atoms with Crippen LogP contribution in [0.25, 0.3) is 0 Å². The lowest BCUT2D eigenvalue weighted by Gasteiger charge is -2.08. The molecule has 94 valence electrons. The Kier molecular flexibility index (Phi) is 4.44. The second kappa shape index (κ2) is 6.07. The maximum atomic E-state index is 8.58. The van der Waals surface area contributed by atoms with Crippen molar-refractivity contribution in [2.24, 2.45) is 0 Å². The van der Waals surface area contributed by atoms with E-state index in [4.69, 9.17) is 33.1 Å². The van der Waals surface area contributed by atoms with Gasteiger partial charge in [0.1, 0.15) is 11.5 Å². The van der Waals surface area contributed by atoms with Crippen LogP contribution < -0.4 is 10.2 Å². The second-order valence-electron chi connectivity index (χ2n) is 3.66. The summed E-state index contributed by atoms with van der Waals surface area (Å²) in [6, 6.07) is 12.4. The first kappa shape index (κ1) is 13.2. The molecule has 0 saturated carbocycles. The topological polar surface area (TPSA) is 41.5 Å². The predicted octanol–water partition coefficient (Wildman–Crippen LogP) is 4.26. The first-order chi connectivity index (χ1) is 8.69. The number of hydrogen-bond acceptors (Lipinski definition) is 3. The van der Waals surface area contributed by atoms with Crippen LogP contribution in [0.5, 0.6) is 11.5 Å². The fourth-order valence-electron chi connectivity index (χ4n) is 1.45. The van der Waals surface area contributed by atoms with Crippen LogP contribution in [0.4, 0.5) is 0 Å². The molecule has 0 aliphatic heterocycles. The van der Waals surface area contributed by atoms with Gasteiger partial charge in [-0.15, -0.1) is 0 Å². The van der Waals surface area contributed by atoms with E-state index in [0.29, 0.717) is 28.1 Å². The third-order valence-corrected chi connectivity index (χ3v) is 2.86. The molecule has 0 aliphatic rings. The molecule has 2 N–H and O–H groups in total. The molecular formula is C13H11Cl2NO2. The summed E-state index contributed by atoms with van der Waals surface area (Å²) in [6.45, 7) is 0.391. The molecule has 2 rings (SSSR count). The van der Waals surface area contributed by atoms with E-state index in [0.717, 1.165) is 5.56 Å². The van der Waals surface area contributed by atoms with E-state index in [-0.39, 0.29) is 0 Å². The van der Waals surface area contributed by atoms with Gasteiger partial charge < -0.3 is 9.94 Å². The Balaban J connectivity index is 2.13. The van der Waals surface area contributed by atoms with Gasteiger partial charge in [-0.2, -0.15) is 0 Å². The minimum absolute atomic E-state index is 0.391. The van der Waals surface area contributed by atoms with Crippen molar-refractivity contribution in [1.82, 2.24) is 5.48 Å². The molecule has 0 spiro atoms. The van der Waals surface area contributed by atoms with Gasteiger partial charge >= 0.3 is 0 Å². The molecule has 0 radical (unpaired) electrons. The number of nitrogens with one attached hydrogen (secondary N) is 1. The monoisotopic (exact) mass is 283 g/mol. The average Bonchev–Trinajstić information content (AvgIpc) is 2.35. The van der Waals surface area contributed by atoms with Crippen molar-refractivity contribution < 1.29 is 9.94 Å². The number of rotatable bonds is 4. The van der Waals surface area contributed by atoms with E-state index in [1.165, 1.54) is 0 Å². The van der Waals surface area contributed by atoms with Gasteiger partial charge in [0.15, 0.2) is 0 Å². The fourth-order valence-corrected chi connectivity index (χ4v) is 1.90. The summed E-state index contributed by atoms with van der Waals surface area (Å²) in [6.07, 6.45) is 0. The molecule has 0 unspecified atom stereocenters. The van der Waals surface area contributed by atoms with Gasteiger partial charge in [-0.05, 0) is 35.9 Å². The van der Waals surface area contributed by atoms with Crippen LogP contribution in [-0.4, -0.2) is 5.21 Å². The Morgan fingerprint density at radius 3 is 2.39 bits per heavy atom. The van der Waals surface area contributed by atoms with E-state index in [1.807, 2.05) is 12.1 Å². The molecule has 0 bridgehead atoms. The lowest BCUT2D eigenvalue weighted by molar-refractivity contribution is 0.161. The Labute approximate surface area is 115 Å². The van der Waals surface area contributed by atoms with Crippen molar-refractivity contribution in [1.29, 1.82) is 0 Å². The van der Waals surface area contributed by atoms with Crippen molar-refractivity contribution in [2.45, 2.75) is 6.54 Å². The minimum Gasteiger partial charge on any atom is -0.456 e. The van der Waals surface area contributed by atoms with E-state index < -0.39 is 0 Å². The van der Waals surface area contributed by atoms with Crippen LogP contribution >= 0.6 is 23.2 Å². The Hall–Kier alpha value is -1.26. The van der Waals surface area contributed by atoms with E-state index in [1.54, 1.807) is 30.3 Å². The molecule has 0 saturated heterocycles. The first-order valence-corrected chi connectivity index (χ1v) is 6.03. The summed E-state index contributed by atoms with van der Waals surface area (Å²) < 4.78 is 5.62. The standard InChI is InChI=1S/C13H11Cl2NO2/c14-10-3-6-13(12(15)7-10)18-11-4-1-9(2-5-11)8-16-17/h1-7,16-17H,8H2. The number of benzene rings is 2. The van der Waals surface area contributed by atoms with E-state index in [9.17, 15) is 0 Å². The van der Waals surface area contributed by atoms with E-state index >= 15 is 0 Å². The number of hydroxylamine groups is 1. The van der Waals surface area contributed by atoms with Crippen molar-refractivity contribution in [2.75, 3.05) is 0 Å². The average molecular weight is 284 g/mol. The zero-order chi connectivity index (χ0) is 13.0. The molecule has 18 heavy (non-hydrogen) atoms.